The second kappa shape index (κ2) is 6.49. The summed E-state index contributed by atoms with van der Waals surface area (Å²) in [5, 5.41) is 5.70. The zero-order chi connectivity index (χ0) is 14.7. The normalized spacial score (nSPS) is 18.2. The van der Waals surface area contributed by atoms with Crippen LogP contribution < -0.4 is 10.6 Å². The Hall–Kier alpha value is -1.53. The van der Waals surface area contributed by atoms with Gasteiger partial charge in [-0.3, -0.25) is 9.59 Å². The van der Waals surface area contributed by atoms with Crippen molar-refractivity contribution in [2.45, 2.75) is 12.8 Å². The number of nitrogens with one attached hydrogen (secondary N) is 2. The number of carbonyl (C=O) groups excluding carboxylic acids is 2. The van der Waals surface area contributed by atoms with Crippen molar-refractivity contribution in [3.63, 3.8) is 0 Å². The average Bonchev–Trinajstić information content (AvgIpc) is 2.85. The maximum Gasteiger partial charge on any atom is 0.228 e. The molecule has 5 nitrogen and oxygen atoms in total. The third-order valence-corrected chi connectivity index (χ3v) is 4.72. The molecule has 0 saturated carbocycles. The van der Waals surface area contributed by atoms with Crippen LogP contribution in [-0.4, -0.2) is 47.9 Å². The summed E-state index contributed by atoms with van der Waals surface area (Å²) in [6.45, 7) is 2.96. The van der Waals surface area contributed by atoms with E-state index < -0.39 is 0 Å². The van der Waals surface area contributed by atoms with Gasteiger partial charge in [0.2, 0.25) is 11.8 Å². The summed E-state index contributed by atoms with van der Waals surface area (Å²) < 4.78 is 0. The van der Waals surface area contributed by atoms with E-state index in [1.165, 1.54) is 0 Å². The number of amides is 2. The van der Waals surface area contributed by atoms with E-state index in [-0.39, 0.29) is 11.8 Å². The SMILES string of the molecule is O=C(CCN1CCSCC1)Nc1ccc2c(c1)CC(=O)N2. The molecule has 112 valence electrons. The van der Waals surface area contributed by atoms with Gasteiger partial charge in [-0.05, 0) is 23.8 Å². The third-order valence-electron chi connectivity index (χ3n) is 3.77. The number of nitrogens with zero attached hydrogens (tertiary/aromatic N) is 1. The van der Waals surface area contributed by atoms with Crippen molar-refractivity contribution in [3.05, 3.63) is 23.8 Å². The van der Waals surface area contributed by atoms with E-state index in [4.69, 9.17) is 0 Å². The highest BCUT2D eigenvalue weighted by Gasteiger charge is 2.18. The summed E-state index contributed by atoms with van der Waals surface area (Å²) >= 11 is 1.97. The number of carbonyl (C=O) groups is 2. The highest BCUT2D eigenvalue weighted by atomic mass is 32.2. The number of rotatable bonds is 4. The van der Waals surface area contributed by atoms with Crippen LogP contribution in [0, 0.1) is 0 Å². The van der Waals surface area contributed by atoms with Crippen LogP contribution in [0.3, 0.4) is 0 Å². The van der Waals surface area contributed by atoms with Crippen LogP contribution >= 0.6 is 11.8 Å². The van der Waals surface area contributed by atoms with Gasteiger partial charge in [0.05, 0.1) is 6.42 Å². The van der Waals surface area contributed by atoms with Crippen LogP contribution in [0.15, 0.2) is 18.2 Å². The monoisotopic (exact) mass is 305 g/mol. The number of thioether (sulfide) groups is 1. The first-order valence-corrected chi connectivity index (χ1v) is 8.39. The Morgan fingerprint density at radius 1 is 1.33 bits per heavy atom. The van der Waals surface area contributed by atoms with E-state index in [1.54, 1.807) is 0 Å². The molecular formula is C15H19N3O2S. The van der Waals surface area contributed by atoms with Gasteiger partial charge in [0, 0.05) is 48.9 Å². The van der Waals surface area contributed by atoms with Crippen LogP contribution in [0.1, 0.15) is 12.0 Å². The van der Waals surface area contributed by atoms with Crippen LogP contribution in [-0.2, 0) is 16.0 Å². The molecule has 6 heteroatoms. The van der Waals surface area contributed by atoms with E-state index in [1.807, 2.05) is 30.0 Å². The van der Waals surface area contributed by atoms with Crippen molar-refractivity contribution in [3.8, 4) is 0 Å². The summed E-state index contributed by atoms with van der Waals surface area (Å²) in [4.78, 5) is 25.6. The van der Waals surface area contributed by atoms with Crippen molar-refractivity contribution in [1.29, 1.82) is 0 Å². The van der Waals surface area contributed by atoms with Gasteiger partial charge in [-0.15, -0.1) is 0 Å². The fraction of sp³-hybridized carbons (Fsp3) is 0.467. The van der Waals surface area contributed by atoms with Gasteiger partial charge in [0.25, 0.3) is 0 Å². The van der Waals surface area contributed by atoms with Crippen LogP contribution in [0.5, 0.6) is 0 Å². The Bertz CT molecular complexity index is 556. The quantitative estimate of drug-likeness (QED) is 0.886. The highest BCUT2D eigenvalue weighted by Crippen LogP contribution is 2.26. The molecule has 0 atom stereocenters. The Balaban J connectivity index is 1.50. The molecule has 1 aromatic rings. The van der Waals surface area contributed by atoms with Crippen LogP contribution in [0.25, 0.3) is 0 Å². The van der Waals surface area contributed by atoms with Crippen molar-refractivity contribution >= 4 is 35.0 Å². The smallest absolute Gasteiger partial charge is 0.228 e. The second-order valence-electron chi connectivity index (χ2n) is 5.35. The fourth-order valence-electron chi connectivity index (χ4n) is 2.61. The summed E-state index contributed by atoms with van der Waals surface area (Å²) in [6.07, 6.45) is 0.906. The lowest BCUT2D eigenvalue weighted by Gasteiger charge is -2.25. The van der Waals surface area contributed by atoms with Gasteiger partial charge >= 0.3 is 0 Å². The standard InChI is InChI=1S/C15H19N3O2S/c19-14(3-4-18-5-7-21-8-6-18)16-12-1-2-13-11(9-12)10-15(20)17-13/h1-2,9H,3-8,10H2,(H,16,19)(H,17,20). The van der Waals surface area contributed by atoms with E-state index >= 15 is 0 Å². The Morgan fingerprint density at radius 3 is 2.95 bits per heavy atom. The molecule has 21 heavy (non-hydrogen) atoms. The number of hydrogen-bond acceptors (Lipinski definition) is 4. The molecule has 2 heterocycles. The Kier molecular flexibility index (Phi) is 4.45. The maximum atomic E-state index is 12.0. The summed E-state index contributed by atoms with van der Waals surface area (Å²) in [5.41, 5.74) is 2.57. The van der Waals surface area contributed by atoms with Crippen LogP contribution in [0.2, 0.25) is 0 Å². The molecule has 2 N–H and O–H groups in total. The molecule has 0 unspecified atom stereocenters. The van der Waals surface area contributed by atoms with Gasteiger partial charge in [-0.1, -0.05) is 0 Å². The lowest BCUT2D eigenvalue weighted by Crippen LogP contribution is -2.34. The maximum absolute atomic E-state index is 12.0. The lowest BCUT2D eigenvalue weighted by molar-refractivity contribution is -0.116. The minimum absolute atomic E-state index is 0.0106. The number of fused-ring (bicyclic) bond motifs is 1. The molecule has 0 aliphatic carbocycles. The van der Waals surface area contributed by atoms with Crippen LogP contribution in [0.4, 0.5) is 11.4 Å². The molecule has 0 bridgehead atoms. The van der Waals surface area contributed by atoms with Crippen molar-refractivity contribution < 1.29 is 9.59 Å². The Morgan fingerprint density at radius 2 is 2.14 bits per heavy atom. The first kappa shape index (κ1) is 14.4. The van der Waals surface area contributed by atoms with Gasteiger partial charge < -0.3 is 15.5 Å². The van der Waals surface area contributed by atoms with Gasteiger partial charge in [-0.25, -0.2) is 0 Å². The Labute approximate surface area is 128 Å². The molecule has 3 rings (SSSR count). The molecular weight excluding hydrogens is 286 g/mol. The summed E-state index contributed by atoms with van der Waals surface area (Å²) in [7, 11) is 0. The average molecular weight is 305 g/mol. The molecule has 2 aliphatic rings. The first-order valence-electron chi connectivity index (χ1n) is 7.23. The third kappa shape index (κ3) is 3.77. The zero-order valence-corrected chi connectivity index (χ0v) is 12.7. The number of benzene rings is 1. The van der Waals surface area contributed by atoms with Gasteiger partial charge in [-0.2, -0.15) is 11.8 Å². The predicted octanol–water partition coefficient (Wildman–Crippen LogP) is 1.56. The highest BCUT2D eigenvalue weighted by molar-refractivity contribution is 7.99. The second-order valence-corrected chi connectivity index (χ2v) is 6.57. The molecule has 1 aromatic carbocycles. The van der Waals surface area contributed by atoms with Gasteiger partial charge in [0.1, 0.15) is 0 Å². The van der Waals surface area contributed by atoms with E-state index in [0.717, 1.165) is 48.1 Å². The zero-order valence-electron chi connectivity index (χ0n) is 11.9. The lowest BCUT2D eigenvalue weighted by atomic mass is 10.1. The molecule has 2 amide bonds. The molecule has 0 spiro atoms. The molecule has 0 radical (unpaired) electrons. The van der Waals surface area contributed by atoms with Gasteiger partial charge in [0.15, 0.2) is 0 Å². The van der Waals surface area contributed by atoms with E-state index in [2.05, 4.69) is 15.5 Å². The summed E-state index contributed by atoms with van der Waals surface area (Å²) in [6, 6.07) is 5.56. The number of anilines is 2. The summed E-state index contributed by atoms with van der Waals surface area (Å²) in [5.74, 6) is 2.36. The van der Waals surface area contributed by atoms with E-state index in [0.29, 0.717) is 12.8 Å². The van der Waals surface area contributed by atoms with Crippen molar-refractivity contribution in [2.24, 2.45) is 0 Å². The van der Waals surface area contributed by atoms with Crippen molar-refractivity contribution in [1.82, 2.24) is 4.90 Å². The molecule has 0 aromatic heterocycles. The molecule has 1 saturated heterocycles. The van der Waals surface area contributed by atoms with E-state index in [9.17, 15) is 9.59 Å². The van der Waals surface area contributed by atoms with Crippen molar-refractivity contribution in [2.75, 3.05) is 41.8 Å². The predicted molar refractivity (Wildman–Crippen MR) is 85.8 cm³/mol. The molecule has 2 aliphatic heterocycles. The minimum atomic E-state index is 0.0106. The fourth-order valence-corrected chi connectivity index (χ4v) is 3.59. The number of hydrogen-bond donors (Lipinski definition) is 2. The topological polar surface area (TPSA) is 61.4 Å². The minimum Gasteiger partial charge on any atom is -0.326 e. The molecule has 1 fully saturated rings. The first-order chi connectivity index (χ1) is 10.2. The largest absolute Gasteiger partial charge is 0.326 e.